The molecule has 1 aliphatic heterocycles. The lowest BCUT2D eigenvalue weighted by Gasteiger charge is -2.38. The van der Waals surface area contributed by atoms with Crippen LogP contribution in [0.25, 0.3) is 6.08 Å². The standard InChI is InChI=1S/C30H40N2O3/c1-23(19-24-11-6-4-7-12-24)21-31(30(33)25-16-17-28(34-2)29(20-25)35-3)22-27-15-10-18-32(27)26-13-8-5-9-14-26/h4,6-7,11-12,16-17,19-20,26-27H,5,8-10,13-15,18,21-22H2,1-3H3/b23-19+. The SMILES string of the molecule is COc1ccc(C(=O)N(C/C(C)=C/c2ccccc2)CC2CCCN2C2CCCCC2)cc1OC. The first-order valence-electron chi connectivity index (χ1n) is 13.1. The molecule has 1 heterocycles. The van der Waals surface area contributed by atoms with Crippen LogP contribution in [0.4, 0.5) is 0 Å². The number of nitrogens with zero attached hydrogens (tertiary/aromatic N) is 2. The number of hydrogen-bond donors (Lipinski definition) is 0. The molecule has 2 aromatic rings. The number of amides is 1. The fraction of sp³-hybridized carbons (Fsp3) is 0.500. The van der Waals surface area contributed by atoms with E-state index in [1.165, 1.54) is 44.1 Å². The molecule has 4 rings (SSSR count). The van der Waals surface area contributed by atoms with Gasteiger partial charge >= 0.3 is 0 Å². The van der Waals surface area contributed by atoms with Crippen molar-refractivity contribution in [2.24, 2.45) is 0 Å². The molecule has 2 fully saturated rings. The Morgan fingerprint density at radius 1 is 0.971 bits per heavy atom. The second kappa shape index (κ2) is 12.3. The van der Waals surface area contributed by atoms with Gasteiger partial charge in [-0.05, 0) is 62.9 Å². The van der Waals surface area contributed by atoms with Crippen molar-refractivity contribution in [3.05, 3.63) is 65.2 Å². The molecule has 1 atom stereocenters. The smallest absolute Gasteiger partial charge is 0.254 e. The van der Waals surface area contributed by atoms with E-state index >= 15 is 0 Å². The van der Waals surface area contributed by atoms with Gasteiger partial charge in [-0.3, -0.25) is 9.69 Å². The summed E-state index contributed by atoms with van der Waals surface area (Å²) < 4.78 is 10.9. The van der Waals surface area contributed by atoms with E-state index in [2.05, 4.69) is 30.0 Å². The van der Waals surface area contributed by atoms with Crippen molar-refractivity contribution in [1.82, 2.24) is 9.80 Å². The second-order valence-electron chi connectivity index (χ2n) is 9.98. The van der Waals surface area contributed by atoms with Crippen LogP contribution in [-0.4, -0.2) is 61.6 Å². The van der Waals surface area contributed by atoms with E-state index in [0.717, 1.165) is 25.1 Å². The van der Waals surface area contributed by atoms with Crippen molar-refractivity contribution in [3.63, 3.8) is 0 Å². The molecule has 0 spiro atoms. The first-order chi connectivity index (χ1) is 17.1. The maximum Gasteiger partial charge on any atom is 0.254 e. The van der Waals surface area contributed by atoms with Crippen molar-refractivity contribution in [1.29, 1.82) is 0 Å². The Labute approximate surface area is 210 Å². The van der Waals surface area contributed by atoms with Gasteiger partial charge in [0.25, 0.3) is 5.91 Å². The molecule has 5 heteroatoms. The lowest BCUT2D eigenvalue weighted by atomic mass is 9.93. The minimum absolute atomic E-state index is 0.0438. The number of carbonyl (C=O) groups is 1. The summed E-state index contributed by atoms with van der Waals surface area (Å²) in [6.45, 7) is 4.64. The summed E-state index contributed by atoms with van der Waals surface area (Å²) >= 11 is 0. The zero-order chi connectivity index (χ0) is 24.6. The van der Waals surface area contributed by atoms with Gasteiger partial charge in [0, 0.05) is 30.7 Å². The molecule has 0 aromatic heterocycles. The van der Waals surface area contributed by atoms with E-state index in [1.807, 2.05) is 35.2 Å². The minimum atomic E-state index is 0.0438. The summed E-state index contributed by atoms with van der Waals surface area (Å²) in [6.07, 6.45) is 11.2. The summed E-state index contributed by atoms with van der Waals surface area (Å²) in [5.41, 5.74) is 2.97. The van der Waals surface area contributed by atoms with Crippen LogP contribution < -0.4 is 9.47 Å². The van der Waals surface area contributed by atoms with Crippen molar-refractivity contribution in [2.75, 3.05) is 33.9 Å². The van der Waals surface area contributed by atoms with Gasteiger partial charge in [0.05, 0.1) is 14.2 Å². The molecule has 1 saturated carbocycles. The van der Waals surface area contributed by atoms with Crippen LogP contribution in [0, 0.1) is 0 Å². The third-order valence-electron chi connectivity index (χ3n) is 7.47. The molecule has 5 nitrogen and oxygen atoms in total. The fourth-order valence-electron chi connectivity index (χ4n) is 5.75. The summed E-state index contributed by atoms with van der Waals surface area (Å²) in [5.74, 6) is 1.26. The number of ether oxygens (including phenoxy) is 2. The summed E-state index contributed by atoms with van der Waals surface area (Å²) in [7, 11) is 3.22. The summed E-state index contributed by atoms with van der Waals surface area (Å²) in [6, 6.07) is 16.9. The van der Waals surface area contributed by atoms with Crippen LogP contribution >= 0.6 is 0 Å². The Kier molecular flexibility index (Phi) is 8.86. The van der Waals surface area contributed by atoms with Crippen LogP contribution in [0.2, 0.25) is 0 Å². The molecule has 1 aliphatic carbocycles. The average molecular weight is 477 g/mol. The molecule has 0 bridgehead atoms. The van der Waals surface area contributed by atoms with Gasteiger partial charge < -0.3 is 14.4 Å². The quantitative estimate of drug-likeness (QED) is 0.442. The molecule has 1 unspecified atom stereocenters. The van der Waals surface area contributed by atoms with Gasteiger partial charge in [0.15, 0.2) is 11.5 Å². The Balaban J connectivity index is 1.57. The Bertz CT molecular complexity index is 998. The van der Waals surface area contributed by atoms with Crippen molar-refractivity contribution in [2.45, 2.75) is 64.0 Å². The van der Waals surface area contributed by atoms with Gasteiger partial charge in [-0.2, -0.15) is 0 Å². The lowest BCUT2D eigenvalue weighted by Crippen LogP contribution is -2.47. The van der Waals surface area contributed by atoms with Crippen LogP contribution in [0.5, 0.6) is 11.5 Å². The molecule has 1 saturated heterocycles. The molecule has 0 N–H and O–H groups in total. The third kappa shape index (κ3) is 6.46. The first kappa shape index (κ1) is 25.3. The highest BCUT2D eigenvalue weighted by Gasteiger charge is 2.33. The first-order valence-corrected chi connectivity index (χ1v) is 13.1. The van der Waals surface area contributed by atoms with Crippen LogP contribution in [-0.2, 0) is 0 Å². The highest BCUT2D eigenvalue weighted by Crippen LogP contribution is 2.31. The number of benzene rings is 2. The Hall–Kier alpha value is -2.79. The molecule has 0 radical (unpaired) electrons. The van der Waals surface area contributed by atoms with Gasteiger partial charge in [-0.25, -0.2) is 0 Å². The van der Waals surface area contributed by atoms with Crippen molar-refractivity contribution in [3.8, 4) is 11.5 Å². The van der Waals surface area contributed by atoms with E-state index in [4.69, 9.17) is 9.47 Å². The number of carbonyl (C=O) groups excluding carboxylic acids is 1. The summed E-state index contributed by atoms with van der Waals surface area (Å²) in [4.78, 5) is 18.6. The van der Waals surface area contributed by atoms with E-state index < -0.39 is 0 Å². The topological polar surface area (TPSA) is 42.0 Å². The normalized spacial score (nSPS) is 19.5. The predicted octanol–water partition coefficient (Wildman–Crippen LogP) is 6.05. The van der Waals surface area contributed by atoms with Crippen LogP contribution in [0.3, 0.4) is 0 Å². The maximum absolute atomic E-state index is 13.9. The molecular weight excluding hydrogens is 436 g/mol. The predicted molar refractivity (Wildman–Crippen MR) is 142 cm³/mol. The highest BCUT2D eigenvalue weighted by atomic mass is 16.5. The van der Waals surface area contributed by atoms with Crippen LogP contribution in [0.15, 0.2) is 54.1 Å². The molecule has 2 aliphatic rings. The number of rotatable bonds is 9. The van der Waals surface area contributed by atoms with Crippen LogP contribution in [0.1, 0.15) is 67.8 Å². The van der Waals surface area contributed by atoms with Gasteiger partial charge in [-0.1, -0.05) is 61.2 Å². The molecular formula is C30H40N2O3. The van der Waals surface area contributed by atoms with Crippen molar-refractivity contribution >= 4 is 12.0 Å². The van der Waals surface area contributed by atoms with Gasteiger partial charge in [0.1, 0.15) is 0 Å². The maximum atomic E-state index is 13.9. The molecule has 2 aromatic carbocycles. The highest BCUT2D eigenvalue weighted by molar-refractivity contribution is 5.95. The van der Waals surface area contributed by atoms with E-state index in [1.54, 1.807) is 20.3 Å². The Morgan fingerprint density at radius 3 is 2.43 bits per heavy atom. The zero-order valence-electron chi connectivity index (χ0n) is 21.5. The zero-order valence-corrected chi connectivity index (χ0v) is 21.5. The van der Waals surface area contributed by atoms with E-state index in [0.29, 0.717) is 35.7 Å². The molecule has 35 heavy (non-hydrogen) atoms. The third-order valence-corrected chi connectivity index (χ3v) is 7.47. The van der Waals surface area contributed by atoms with E-state index in [9.17, 15) is 4.79 Å². The minimum Gasteiger partial charge on any atom is -0.493 e. The fourth-order valence-corrected chi connectivity index (χ4v) is 5.75. The Morgan fingerprint density at radius 2 is 1.71 bits per heavy atom. The van der Waals surface area contributed by atoms with Gasteiger partial charge in [0.2, 0.25) is 0 Å². The van der Waals surface area contributed by atoms with Gasteiger partial charge in [-0.15, -0.1) is 0 Å². The molecule has 188 valence electrons. The largest absolute Gasteiger partial charge is 0.493 e. The number of likely N-dealkylation sites (tertiary alicyclic amines) is 1. The summed E-state index contributed by atoms with van der Waals surface area (Å²) in [5, 5.41) is 0. The van der Waals surface area contributed by atoms with Crippen molar-refractivity contribution < 1.29 is 14.3 Å². The second-order valence-corrected chi connectivity index (χ2v) is 9.98. The van der Waals surface area contributed by atoms with E-state index in [-0.39, 0.29) is 5.91 Å². The number of hydrogen-bond acceptors (Lipinski definition) is 4. The monoisotopic (exact) mass is 476 g/mol. The lowest BCUT2D eigenvalue weighted by molar-refractivity contribution is 0.0671. The number of methoxy groups -OCH3 is 2. The molecule has 1 amide bonds. The average Bonchev–Trinajstić information content (AvgIpc) is 3.36.